The number of ether oxygens (including phenoxy) is 1. The van der Waals surface area contributed by atoms with Crippen LogP contribution in [0.5, 0.6) is 0 Å². The third kappa shape index (κ3) is 4.22. The summed E-state index contributed by atoms with van der Waals surface area (Å²) in [6.07, 6.45) is 12.4. The first-order chi connectivity index (χ1) is 18.5. The predicted octanol–water partition coefficient (Wildman–Crippen LogP) is 4.97. The summed E-state index contributed by atoms with van der Waals surface area (Å²) in [4.78, 5) is 38.0. The molecule has 4 aliphatic carbocycles. The molecular formula is C32H43NO6. The first-order valence-electron chi connectivity index (χ1n) is 15.0. The zero-order valence-corrected chi connectivity index (χ0v) is 23.6. The Hall–Kier alpha value is -2.41. The lowest BCUT2D eigenvalue weighted by molar-refractivity contribution is -0.179. The van der Waals surface area contributed by atoms with Gasteiger partial charge in [-0.1, -0.05) is 19.4 Å². The van der Waals surface area contributed by atoms with E-state index >= 15 is 0 Å². The Bertz CT molecular complexity index is 1210. The number of carbonyl (C=O) groups is 2. The molecule has 0 aromatic carbocycles. The first kappa shape index (κ1) is 26.8. The normalized spacial score (nSPS) is 40.2. The molecule has 1 amide bonds. The number of likely N-dealkylation sites (tertiary alicyclic amines) is 1. The standard InChI is InChI=1S/C32H43NO6/c1-20(34)33-16-11-21(12-17-33)29(36)39-24-8-13-30(2)23(18-24)5-6-27-26(30)9-14-31(3)25(10-15-32(27,31)37)22-4-7-28(35)38-19-22/h4,7,18-19,21,24-27,37H,5-6,8-17H2,1-3H3/t24-,25+,26?,27?,30-,31+,32-/m0/s1. The topological polar surface area (TPSA) is 97.0 Å². The van der Waals surface area contributed by atoms with Gasteiger partial charge in [-0.2, -0.15) is 0 Å². The van der Waals surface area contributed by atoms with Crippen LogP contribution in [0.25, 0.3) is 0 Å². The second-order valence-corrected chi connectivity index (χ2v) is 13.5. The largest absolute Gasteiger partial charge is 0.458 e. The highest BCUT2D eigenvalue weighted by molar-refractivity contribution is 5.75. The Labute approximate surface area is 231 Å². The van der Waals surface area contributed by atoms with Gasteiger partial charge in [0.15, 0.2) is 0 Å². The zero-order valence-electron chi connectivity index (χ0n) is 23.6. The van der Waals surface area contributed by atoms with Crippen LogP contribution in [0.1, 0.15) is 96.5 Å². The number of hydrogen-bond donors (Lipinski definition) is 1. The maximum absolute atomic E-state index is 13.0. The van der Waals surface area contributed by atoms with Gasteiger partial charge in [-0.15, -0.1) is 0 Å². The third-order valence-corrected chi connectivity index (χ3v) is 11.9. The van der Waals surface area contributed by atoms with Gasteiger partial charge in [0.1, 0.15) is 6.10 Å². The highest BCUT2D eigenvalue weighted by atomic mass is 16.5. The minimum atomic E-state index is -0.733. The van der Waals surface area contributed by atoms with Crippen molar-refractivity contribution in [3.8, 4) is 0 Å². The minimum Gasteiger partial charge on any atom is -0.458 e. The summed E-state index contributed by atoms with van der Waals surface area (Å²) >= 11 is 0. The number of rotatable bonds is 3. The van der Waals surface area contributed by atoms with Crippen molar-refractivity contribution in [2.75, 3.05) is 13.1 Å². The summed E-state index contributed by atoms with van der Waals surface area (Å²) in [5.74, 6) is 0.674. The maximum atomic E-state index is 13.0. The summed E-state index contributed by atoms with van der Waals surface area (Å²) < 4.78 is 11.2. The van der Waals surface area contributed by atoms with E-state index in [1.165, 1.54) is 11.6 Å². The molecular weight excluding hydrogens is 494 g/mol. The van der Waals surface area contributed by atoms with E-state index in [2.05, 4.69) is 19.9 Å². The second kappa shape index (κ2) is 9.60. The number of fused-ring (bicyclic) bond motifs is 5. The third-order valence-electron chi connectivity index (χ3n) is 11.9. The average molecular weight is 538 g/mol. The van der Waals surface area contributed by atoms with Crippen LogP contribution >= 0.6 is 0 Å². The van der Waals surface area contributed by atoms with E-state index < -0.39 is 5.60 Å². The van der Waals surface area contributed by atoms with Gasteiger partial charge in [0.05, 0.1) is 17.8 Å². The Morgan fingerprint density at radius 1 is 1.00 bits per heavy atom. The molecule has 1 aromatic heterocycles. The molecule has 1 aliphatic heterocycles. The van der Waals surface area contributed by atoms with Crippen LogP contribution in [-0.2, 0) is 14.3 Å². The SMILES string of the molecule is CC(=O)N1CCC(C(=O)O[C@@H]2C=C3CCC4C(CC[C@]5(C)[C@@H](c6ccc(=O)oc6)CC[C@]45O)[C@@]3(C)CC2)CC1. The number of hydrogen-bond acceptors (Lipinski definition) is 6. The first-order valence-corrected chi connectivity index (χ1v) is 15.0. The van der Waals surface area contributed by atoms with Gasteiger partial charge >= 0.3 is 11.6 Å². The van der Waals surface area contributed by atoms with E-state index in [1.807, 2.05) is 11.0 Å². The molecule has 5 aliphatic rings. The Kier molecular flexibility index (Phi) is 6.60. The number of amides is 1. The summed E-state index contributed by atoms with van der Waals surface area (Å²) in [5.41, 5.74) is 1.15. The molecule has 0 radical (unpaired) electrons. The summed E-state index contributed by atoms with van der Waals surface area (Å²) in [6.45, 7) is 7.48. The summed E-state index contributed by atoms with van der Waals surface area (Å²) in [5, 5.41) is 12.4. The summed E-state index contributed by atoms with van der Waals surface area (Å²) in [7, 11) is 0. The molecule has 1 saturated heterocycles. The Morgan fingerprint density at radius 3 is 2.46 bits per heavy atom. The lowest BCUT2D eigenvalue weighted by Crippen LogP contribution is -2.60. The van der Waals surface area contributed by atoms with Gasteiger partial charge in [-0.05, 0) is 105 Å². The minimum absolute atomic E-state index is 0.0212. The van der Waals surface area contributed by atoms with Crippen LogP contribution in [0, 0.1) is 28.6 Å². The van der Waals surface area contributed by atoms with Crippen molar-refractivity contribution in [2.45, 2.75) is 103 Å². The molecule has 2 heterocycles. The van der Waals surface area contributed by atoms with Crippen molar-refractivity contribution in [1.29, 1.82) is 0 Å². The lowest BCUT2D eigenvalue weighted by atomic mass is 9.45. The van der Waals surface area contributed by atoms with Gasteiger partial charge in [0, 0.05) is 31.5 Å². The van der Waals surface area contributed by atoms with Crippen molar-refractivity contribution in [2.24, 2.45) is 28.6 Å². The van der Waals surface area contributed by atoms with Crippen molar-refractivity contribution >= 4 is 11.9 Å². The van der Waals surface area contributed by atoms with Gasteiger partial charge in [0.2, 0.25) is 5.91 Å². The number of piperidine rings is 1. The monoisotopic (exact) mass is 537 g/mol. The molecule has 1 N–H and O–H groups in total. The molecule has 4 fully saturated rings. The average Bonchev–Trinajstić information content (AvgIpc) is 3.20. The van der Waals surface area contributed by atoms with Crippen molar-refractivity contribution in [3.05, 3.63) is 46.0 Å². The van der Waals surface area contributed by atoms with Crippen LogP contribution in [-0.4, -0.2) is 46.7 Å². The number of esters is 1. The molecule has 7 heteroatoms. The highest BCUT2D eigenvalue weighted by Gasteiger charge is 2.66. The van der Waals surface area contributed by atoms with Crippen LogP contribution in [0.2, 0.25) is 0 Å². The molecule has 212 valence electrons. The van der Waals surface area contributed by atoms with Gasteiger partial charge in [-0.25, -0.2) is 4.79 Å². The highest BCUT2D eigenvalue weighted by Crippen LogP contribution is 2.70. The van der Waals surface area contributed by atoms with E-state index in [-0.39, 0.29) is 52.2 Å². The van der Waals surface area contributed by atoms with Gasteiger partial charge in [-0.3, -0.25) is 9.59 Å². The van der Waals surface area contributed by atoms with Crippen molar-refractivity contribution < 1.29 is 23.8 Å². The molecule has 7 atom stereocenters. The van der Waals surface area contributed by atoms with E-state index in [0.717, 1.165) is 56.9 Å². The molecule has 0 bridgehead atoms. The molecule has 7 nitrogen and oxygen atoms in total. The molecule has 0 spiro atoms. The van der Waals surface area contributed by atoms with E-state index in [9.17, 15) is 19.5 Å². The van der Waals surface area contributed by atoms with Gasteiger partial charge in [0.25, 0.3) is 0 Å². The fourth-order valence-corrected chi connectivity index (χ4v) is 9.54. The molecule has 1 aromatic rings. The zero-order chi connectivity index (χ0) is 27.6. The van der Waals surface area contributed by atoms with E-state index in [0.29, 0.717) is 31.8 Å². The predicted molar refractivity (Wildman–Crippen MR) is 146 cm³/mol. The summed E-state index contributed by atoms with van der Waals surface area (Å²) in [6, 6.07) is 3.39. The van der Waals surface area contributed by atoms with E-state index in [1.54, 1.807) is 13.2 Å². The van der Waals surface area contributed by atoms with Crippen LogP contribution in [0.4, 0.5) is 0 Å². The van der Waals surface area contributed by atoms with Crippen LogP contribution in [0.15, 0.2) is 39.3 Å². The molecule has 6 rings (SSSR count). The number of nitrogens with zero attached hydrogens (tertiary/aromatic N) is 1. The fraction of sp³-hybridized carbons (Fsp3) is 0.719. The Balaban J connectivity index is 1.16. The molecule has 39 heavy (non-hydrogen) atoms. The molecule has 3 saturated carbocycles. The maximum Gasteiger partial charge on any atom is 0.335 e. The van der Waals surface area contributed by atoms with Crippen LogP contribution < -0.4 is 5.63 Å². The van der Waals surface area contributed by atoms with Crippen molar-refractivity contribution in [1.82, 2.24) is 4.90 Å². The number of allylic oxidation sites excluding steroid dienone is 1. The van der Waals surface area contributed by atoms with Crippen molar-refractivity contribution in [3.63, 3.8) is 0 Å². The fourth-order valence-electron chi connectivity index (χ4n) is 9.54. The quantitative estimate of drug-likeness (QED) is 0.432. The number of aliphatic hydroxyl groups is 1. The second-order valence-electron chi connectivity index (χ2n) is 13.5. The smallest absolute Gasteiger partial charge is 0.335 e. The molecule has 2 unspecified atom stereocenters. The van der Waals surface area contributed by atoms with Crippen LogP contribution in [0.3, 0.4) is 0 Å². The van der Waals surface area contributed by atoms with Gasteiger partial charge < -0.3 is 19.2 Å². The van der Waals surface area contributed by atoms with E-state index in [4.69, 9.17) is 9.15 Å². The number of carbonyl (C=O) groups excluding carboxylic acids is 2. The lowest BCUT2D eigenvalue weighted by Gasteiger charge is -2.61. The Morgan fingerprint density at radius 2 is 1.77 bits per heavy atom.